The molecule has 2 heterocycles. The van der Waals surface area contributed by atoms with Crippen LogP contribution in [0.2, 0.25) is 5.02 Å². The SMILES string of the molecule is Cc1cccc(NS(=O)(=O)c2c[nH]c(=O)c(Cl)c2)n1. The largest absolute Gasteiger partial charge is 0.326 e. The fourth-order valence-electron chi connectivity index (χ4n) is 1.39. The number of nitrogens with one attached hydrogen (secondary N) is 2. The number of aromatic amines is 1. The average Bonchev–Trinajstić information content (AvgIpc) is 2.32. The molecule has 6 nitrogen and oxygen atoms in total. The zero-order valence-electron chi connectivity index (χ0n) is 9.84. The van der Waals surface area contributed by atoms with E-state index in [1.807, 2.05) is 0 Å². The van der Waals surface area contributed by atoms with Crippen LogP contribution in [0.5, 0.6) is 0 Å². The fraction of sp³-hybridized carbons (Fsp3) is 0.0909. The lowest BCUT2D eigenvalue weighted by atomic mass is 10.4. The standard InChI is InChI=1S/C11H10ClN3O3S/c1-7-3-2-4-10(14-7)15-19(17,18)8-5-9(12)11(16)13-6-8/h2-6H,1H3,(H,13,16)(H,14,15). The summed E-state index contributed by atoms with van der Waals surface area (Å²) in [5.74, 6) is 0.197. The monoisotopic (exact) mass is 299 g/mol. The summed E-state index contributed by atoms with van der Waals surface area (Å²) in [5, 5.41) is -0.194. The van der Waals surface area contributed by atoms with E-state index >= 15 is 0 Å². The second-order valence-corrected chi connectivity index (χ2v) is 5.87. The first-order valence-corrected chi connectivity index (χ1v) is 7.09. The van der Waals surface area contributed by atoms with E-state index < -0.39 is 15.6 Å². The van der Waals surface area contributed by atoms with E-state index in [-0.39, 0.29) is 15.7 Å². The van der Waals surface area contributed by atoms with E-state index in [4.69, 9.17) is 11.6 Å². The minimum Gasteiger partial charge on any atom is -0.326 e. The number of hydrogen-bond acceptors (Lipinski definition) is 4. The van der Waals surface area contributed by atoms with E-state index in [9.17, 15) is 13.2 Å². The van der Waals surface area contributed by atoms with Gasteiger partial charge in [-0.2, -0.15) is 0 Å². The Morgan fingerprint density at radius 2 is 2.11 bits per heavy atom. The first kappa shape index (κ1) is 13.6. The van der Waals surface area contributed by atoms with Gasteiger partial charge in [-0.05, 0) is 25.1 Å². The second kappa shape index (κ2) is 5.02. The van der Waals surface area contributed by atoms with E-state index in [2.05, 4.69) is 14.7 Å². The van der Waals surface area contributed by atoms with Crippen LogP contribution in [0.1, 0.15) is 5.69 Å². The normalized spacial score (nSPS) is 11.3. The highest BCUT2D eigenvalue weighted by Gasteiger charge is 2.16. The Balaban J connectivity index is 2.37. The van der Waals surface area contributed by atoms with Gasteiger partial charge in [-0.3, -0.25) is 9.52 Å². The topological polar surface area (TPSA) is 91.9 Å². The zero-order valence-corrected chi connectivity index (χ0v) is 11.4. The van der Waals surface area contributed by atoms with Gasteiger partial charge in [-0.1, -0.05) is 17.7 Å². The highest BCUT2D eigenvalue weighted by molar-refractivity contribution is 7.92. The number of halogens is 1. The van der Waals surface area contributed by atoms with Crippen LogP contribution in [-0.2, 0) is 10.0 Å². The molecule has 19 heavy (non-hydrogen) atoms. The first-order chi connectivity index (χ1) is 8.88. The predicted octanol–water partition coefficient (Wildman–Crippen LogP) is 1.53. The molecular weight excluding hydrogens is 290 g/mol. The molecule has 0 aliphatic rings. The Bertz CT molecular complexity index is 771. The molecule has 0 amide bonds. The summed E-state index contributed by atoms with van der Waals surface area (Å²) < 4.78 is 26.4. The van der Waals surface area contributed by atoms with E-state index in [0.717, 1.165) is 12.3 Å². The second-order valence-electron chi connectivity index (χ2n) is 3.78. The minimum absolute atomic E-state index is 0.139. The molecule has 0 radical (unpaired) electrons. The Kier molecular flexibility index (Phi) is 3.59. The molecule has 2 rings (SSSR count). The van der Waals surface area contributed by atoms with Gasteiger partial charge in [0.15, 0.2) is 0 Å². The van der Waals surface area contributed by atoms with Crippen LogP contribution in [0.25, 0.3) is 0 Å². The molecule has 2 aromatic heterocycles. The van der Waals surface area contributed by atoms with Gasteiger partial charge >= 0.3 is 0 Å². The maximum atomic E-state index is 12.0. The van der Waals surface area contributed by atoms with Crippen molar-refractivity contribution in [3.8, 4) is 0 Å². The van der Waals surface area contributed by atoms with Gasteiger partial charge in [0.1, 0.15) is 15.7 Å². The molecule has 0 saturated carbocycles. The number of H-pyrrole nitrogens is 1. The van der Waals surface area contributed by atoms with Crippen LogP contribution >= 0.6 is 11.6 Å². The highest BCUT2D eigenvalue weighted by Crippen LogP contribution is 2.15. The lowest BCUT2D eigenvalue weighted by Crippen LogP contribution is -2.16. The molecule has 0 aromatic carbocycles. The molecule has 2 aromatic rings. The average molecular weight is 300 g/mol. The van der Waals surface area contributed by atoms with Crippen LogP contribution in [0, 0.1) is 6.92 Å². The zero-order chi connectivity index (χ0) is 14.0. The molecular formula is C11H10ClN3O3S. The summed E-state index contributed by atoms with van der Waals surface area (Å²) in [6.07, 6.45) is 1.08. The summed E-state index contributed by atoms with van der Waals surface area (Å²) in [7, 11) is -3.84. The van der Waals surface area contributed by atoms with Crippen molar-refractivity contribution in [2.45, 2.75) is 11.8 Å². The lowest BCUT2D eigenvalue weighted by Gasteiger charge is -2.07. The van der Waals surface area contributed by atoms with Gasteiger partial charge in [0.2, 0.25) is 0 Å². The fourth-order valence-corrected chi connectivity index (χ4v) is 2.62. The Morgan fingerprint density at radius 1 is 1.37 bits per heavy atom. The predicted molar refractivity (Wildman–Crippen MR) is 71.9 cm³/mol. The van der Waals surface area contributed by atoms with Gasteiger partial charge in [-0.25, -0.2) is 13.4 Å². The summed E-state index contributed by atoms with van der Waals surface area (Å²) in [6, 6.07) is 6.03. The van der Waals surface area contributed by atoms with Crippen molar-refractivity contribution in [3.63, 3.8) is 0 Å². The van der Waals surface area contributed by atoms with Crippen molar-refractivity contribution in [2.24, 2.45) is 0 Å². The lowest BCUT2D eigenvalue weighted by molar-refractivity contribution is 0.600. The third-order valence-electron chi connectivity index (χ3n) is 2.27. The van der Waals surface area contributed by atoms with Crippen molar-refractivity contribution in [2.75, 3.05) is 4.72 Å². The highest BCUT2D eigenvalue weighted by atomic mass is 35.5. The number of sulfonamides is 1. The molecule has 0 bridgehead atoms. The summed E-state index contributed by atoms with van der Waals surface area (Å²) in [5.41, 5.74) is 0.133. The van der Waals surface area contributed by atoms with Crippen molar-refractivity contribution in [1.29, 1.82) is 0 Å². The van der Waals surface area contributed by atoms with Gasteiger partial charge in [0, 0.05) is 11.9 Å². The maximum absolute atomic E-state index is 12.0. The number of pyridine rings is 2. The number of aromatic nitrogens is 2. The number of anilines is 1. The third-order valence-corrected chi connectivity index (χ3v) is 3.88. The molecule has 8 heteroatoms. The van der Waals surface area contributed by atoms with Crippen LogP contribution in [-0.4, -0.2) is 18.4 Å². The molecule has 0 atom stereocenters. The number of rotatable bonds is 3. The van der Waals surface area contributed by atoms with Crippen molar-refractivity contribution < 1.29 is 8.42 Å². The smallest absolute Gasteiger partial charge is 0.266 e. The van der Waals surface area contributed by atoms with Crippen LogP contribution in [0.3, 0.4) is 0 Å². The van der Waals surface area contributed by atoms with Crippen LogP contribution < -0.4 is 10.3 Å². The quantitative estimate of drug-likeness (QED) is 0.899. The molecule has 0 spiro atoms. The summed E-state index contributed by atoms with van der Waals surface area (Å²) in [4.78, 5) is 17.2. The Morgan fingerprint density at radius 3 is 2.74 bits per heavy atom. The molecule has 0 aliphatic heterocycles. The van der Waals surface area contributed by atoms with Gasteiger partial charge in [-0.15, -0.1) is 0 Å². The first-order valence-electron chi connectivity index (χ1n) is 5.23. The Hall–Kier alpha value is -1.86. The summed E-state index contributed by atoms with van der Waals surface area (Å²) >= 11 is 5.60. The van der Waals surface area contributed by atoms with E-state index in [1.54, 1.807) is 19.1 Å². The van der Waals surface area contributed by atoms with E-state index in [0.29, 0.717) is 5.69 Å². The van der Waals surface area contributed by atoms with Gasteiger partial charge in [0.05, 0.1) is 0 Å². The molecule has 0 saturated heterocycles. The molecule has 0 unspecified atom stereocenters. The van der Waals surface area contributed by atoms with Crippen molar-refractivity contribution in [1.82, 2.24) is 9.97 Å². The van der Waals surface area contributed by atoms with Gasteiger partial charge < -0.3 is 4.98 Å². The third kappa shape index (κ3) is 3.12. The molecule has 0 aliphatic carbocycles. The maximum Gasteiger partial charge on any atom is 0.266 e. The molecule has 100 valence electrons. The van der Waals surface area contributed by atoms with Crippen molar-refractivity contribution >= 4 is 27.4 Å². The number of hydrogen-bond donors (Lipinski definition) is 2. The van der Waals surface area contributed by atoms with Gasteiger partial charge in [0.25, 0.3) is 15.6 Å². The summed E-state index contributed by atoms with van der Waals surface area (Å²) in [6.45, 7) is 1.74. The Labute approximate surface area is 114 Å². The molecule has 2 N–H and O–H groups in total. The van der Waals surface area contributed by atoms with Crippen molar-refractivity contribution in [3.05, 3.63) is 51.5 Å². The van der Waals surface area contributed by atoms with Crippen LogP contribution in [0.4, 0.5) is 5.82 Å². The number of nitrogens with zero attached hydrogens (tertiary/aromatic N) is 1. The molecule has 0 fully saturated rings. The minimum atomic E-state index is -3.84. The van der Waals surface area contributed by atoms with Crippen LogP contribution in [0.15, 0.2) is 40.2 Å². The number of aryl methyl sites for hydroxylation is 1. The van der Waals surface area contributed by atoms with E-state index in [1.165, 1.54) is 6.07 Å².